The van der Waals surface area contributed by atoms with Crippen LogP contribution < -0.4 is 11.1 Å². The molecular weight excluding hydrogens is 190 g/mol. The van der Waals surface area contributed by atoms with Gasteiger partial charge in [0.05, 0.1) is 11.9 Å². The summed E-state index contributed by atoms with van der Waals surface area (Å²) in [5, 5.41) is 2.83. The number of aromatic nitrogens is 1. The molecule has 1 atom stereocenters. The normalized spacial score (nSPS) is 12.1. The van der Waals surface area contributed by atoms with Crippen LogP contribution in [0, 0.1) is 5.92 Å². The molecule has 0 spiro atoms. The van der Waals surface area contributed by atoms with Crippen molar-refractivity contribution < 1.29 is 4.79 Å². The van der Waals surface area contributed by atoms with Crippen LogP contribution in [0.15, 0.2) is 18.3 Å². The third-order valence-corrected chi connectivity index (χ3v) is 2.33. The lowest BCUT2D eigenvalue weighted by Crippen LogP contribution is -2.28. The van der Waals surface area contributed by atoms with Crippen molar-refractivity contribution in [3.05, 3.63) is 24.0 Å². The van der Waals surface area contributed by atoms with Crippen molar-refractivity contribution in [2.24, 2.45) is 5.92 Å². The highest BCUT2D eigenvalue weighted by atomic mass is 16.1. The molecule has 1 amide bonds. The molecule has 4 nitrogen and oxygen atoms in total. The molecule has 1 rings (SSSR count). The van der Waals surface area contributed by atoms with Gasteiger partial charge in [0.2, 0.25) is 0 Å². The van der Waals surface area contributed by atoms with Crippen LogP contribution in [0.4, 0.5) is 5.69 Å². The highest BCUT2D eigenvalue weighted by Crippen LogP contribution is 2.02. The summed E-state index contributed by atoms with van der Waals surface area (Å²) < 4.78 is 0. The lowest BCUT2D eigenvalue weighted by molar-refractivity contribution is 0.0943. The van der Waals surface area contributed by atoms with Crippen LogP contribution in [-0.2, 0) is 0 Å². The Labute approximate surface area is 89.9 Å². The molecule has 0 radical (unpaired) electrons. The minimum atomic E-state index is -0.143. The predicted octanol–water partition coefficient (Wildman–Crippen LogP) is 1.44. The summed E-state index contributed by atoms with van der Waals surface area (Å²) in [5.74, 6) is 0.345. The van der Waals surface area contributed by atoms with Crippen molar-refractivity contribution >= 4 is 11.6 Å². The van der Waals surface area contributed by atoms with Crippen molar-refractivity contribution in [1.29, 1.82) is 0 Å². The van der Waals surface area contributed by atoms with Gasteiger partial charge in [0.15, 0.2) is 0 Å². The molecule has 0 bridgehead atoms. The third kappa shape index (κ3) is 3.58. The Hall–Kier alpha value is -1.58. The summed E-state index contributed by atoms with van der Waals surface area (Å²) in [6.45, 7) is 4.87. The molecule has 0 fully saturated rings. The number of anilines is 1. The number of hydrogen-bond donors (Lipinski definition) is 2. The predicted molar refractivity (Wildman–Crippen MR) is 60.4 cm³/mol. The van der Waals surface area contributed by atoms with Crippen LogP contribution in [0.1, 0.15) is 30.8 Å². The minimum absolute atomic E-state index is 0.143. The van der Waals surface area contributed by atoms with E-state index in [1.807, 2.05) is 0 Å². The first-order chi connectivity index (χ1) is 7.13. The van der Waals surface area contributed by atoms with Gasteiger partial charge in [-0.3, -0.25) is 4.79 Å². The standard InChI is InChI=1S/C11H17N3O/c1-3-8(2)6-14-11(15)10-5-4-9(12)7-13-10/h4-5,7-8H,3,6,12H2,1-2H3,(H,14,15). The zero-order valence-electron chi connectivity index (χ0n) is 9.16. The average Bonchev–Trinajstić information content (AvgIpc) is 2.26. The van der Waals surface area contributed by atoms with Gasteiger partial charge in [-0.05, 0) is 18.1 Å². The van der Waals surface area contributed by atoms with Gasteiger partial charge in [-0.25, -0.2) is 4.98 Å². The Balaban J connectivity index is 2.50. The first-order valence-electron chi connectivity index (χ1n) is 5.13. The van der Waals surface area contributed by atoms with E-state index in [0.717, 1.165) is 6.42 Å². The third-order valence-electron chi connectivity index (χ3n) is 2.33. The zero-order chi connectivity index (χ0) is 11.3. The van der Waals surface area contributed by atoms with Crippen LogP contribution in [0.25, 0.3) is 0 Å². The van der Waals surface area contributed by atoms with Crippen LogP contribution in [-0.4, -0.2) is 17.4 Å². The van der Waals surface area contributed by atoms with E-state index in [0.29, 0.717) is 23.8 Å². The number of nitrogen functional groups attached to an aromatic ring is 1. The number of pyridine rings is 1. The van der Waals surface area contributed by atoms with Gasteiger partial charge in [0, 0.05) is 6.54 Å². The van der Waals surface area contributed by atoms with Gasteiger partial charge < -0.3 is 11.1 Å². The number of carbonyl (C=O) groups is 1. The Morgan fingerprint density at radius 2 is 2.33 bits per heavy atom. The van der Waals surface area contributed by atoms with Crippen molar-refractivity contribution in [3.8, 4) is 0 Å². The summed E-state index contributed by atoms with van der Waals surface area (Å²) in [4.78, 5) is 15.5. The summed E-state index contributed by atoms with van der Waals surface area (Å²) >= 11 is 0. The van der Waals surface area contributed by atoms with Gasteiger partial charge in [-0.15, -0.1) is 0 Å². The lowest BCUT2D eigenvalue weighted by Gasteiger charge is -2.09. The second-order valence-electron chi connectivity index (χ2n) is 3.70. The fourth-order valence-electron chi connectivity index (χ4n) is 1.04. The van der Waals surface area contributed by atoms with Crippen molar-refractivity contribution in [1.82, 2.24) is 10.3 Å². The molecular formula is C11H17N3O. The summed E-state index contributed by atoms with van der Waals surface area (Å²) in [6, 6.07) is 3.30. The van der Waals surface area contributed by atoms with E-state index in [-0.39, 0.29) is 5.91 Å². The van der Waals surface area contributed by atoms with E-state index < -0.39 is 0 Å². The maximum absolute atomic E-state index is 11.6. The molecule has 15 heavy (non-hydrogen) atoms. The number of nitrogens with two attached hydrogens (primary N) is 1. The van der Waals surface area contributed by atoms with E-state index in [4.69, 9.17) is 5.73 Å². The van der Waals surface area contributed by atoms with Gasteiger partial charge in [-0.1, -0.05) is 20.3 Å². The summed E-state index contributed by atoms with van der Waals surface area (Å²) in [6.07, 6.45) is 2.54. The molecule has 0 aliphatic rings. The fraction of sp³-hybridized carbons (Fsp3) is 0.455. The zero-order valence-corrected chi connectivity index (χ0v) is 9.16. The van der Waals surface area contributed by atoms with Crippen LogP contribution in [0.3, 0.4) is 0 Å². The van der Waals surface area contributed by atoms with Gasteiger partial charge >= 0.3 is 0 Å². The largest absolute Gasteiger partial charge is 0.397 e. The van der Waals surface area contributed by atoms with E-state index in [1.54, 1.807) is 12.1 Å². The first kappa shape index (κ1) is 11.5. The van der Waals surface area contributed by atoms with E-state index in [1.165, 1.54) is 6.20 Å². The van der Waals surface area contributed by atoms with Crippen LogP contribution in [0.5, 0.6) is 0 Å². The summed E-state index contributed by atoms with van der Waals surface area (Å²) in [7, 11) is 0. The Kier molecular flexibility index (Phi) is 4.09. The molecule has 4 heteroatoms. The highest BCUT2D eigenvalue weighted by Gasteiger charge is 2.07. The van der Waals surface area contributed by atoms with Crippen LogP contribution in [0.2, 0.25) is 0 Å². The molecule has 0 aliphatic heterocycles. The van der Waals surface area contributed by atoms with Gasteiger partial charge in [-0.2, -0.15) is 0 Å². The second-order valence-corrected chi connectivity index (χ2v) is 3.70. The number of nitrogens with one attached hydrogen (secondary N) is 1. The summed E-state index contributed by atoms with van der Waals surface area (Å²) in [5.41, 5.74) is 6.45. The van der Waals surface area contributed by atoms with E-state index in [2.05, 4.69) is 24.1 Å². The Morgan fingerprint density at radius 1 is 1.60 bits per heavy atom. The smallest absolute Gasteiger partial charge is 0.269 e. The van der Waals surface area contributed by atoms with E-state index >= 15 is 0 Å². The monoisotopic (exact) mass is 207 g/mol. The maximum atomic E-state index is 11.6. The number of rotatable bonds is 4. The fourth-order valence-corrected chi connectivity index (χ4v) is 1.04. The van der Waals surface area contributed by atoms with E-state index in [9.17, 15) is 4.79 Å². The molecule has 0 aromatic carbocycles. The SMILES string of the molecule is CCC(C)CNC(=O)c1ccc(N)cn1. The Bertz CT molecular complexity index is 321. The molecule has 1 aromatic rings. The topological polar surface area (TPSA) is 68.0 Å². The molecule has 0 saturated heterocycles. The Morgan fingerprint density at radius 3 is 2.87 bits per heavy atom. The average molecular weight is 207 g/mol. The molecule has 1 aromatic heterocycles. The van der Waals surface area contributed by atoms with Crippen molar-refractivity contribution in [3.63, 3.8) is 0 Å². The van der Waals surface area contributed by atoms with Crippen molar-refractivity contribution in [2.45, 2.75) is 20.3 Å². The highest BCUT2D eigenvalue weighted by molar-refractivity contribution is 5.92. The molecule has 1 heterocycles. The number of nitrogens with zero attached hydrogens (tertiary/aromatic N) is 1. The second kappa shape index (κ2) is 5.34. The molecule has 0 saturated carbocycles. The molecule has 82 valence electrons. The lowest BCUT2D eigenvalue weighted by atomic mass is 10.1. The minimum Gasteiger partial charge on any atom is -0.397 e. The number of amides is 1. The quantitative estimate of drug-likeness (QED) is 0.785. The first-order valence-corrected chi connectivity index (χ1v) is 5.13. The molecule has 0 aliphatic carbocycles. The number of hydrogen-bond acceptors (Lipinski definition) is 3. The van der Waals surface area contributed by atoms with Crippen LogP contribution >= 0.6 is 0 Å². The van der Waals surface area contributed by atoms with Crippen molar-refractivity contribution in [2.75, 3.05) is 12.3 Å². The van der Waals surface area contributed by atoms with Gasteiger partial charge in [0.1, 0.15) is 5.69 Å². The molecule has 3 N–H and O–H groups in total. The molecule has 1 unspecified atom stereocenters. The number of carbonyl (C=O) groups excluding carboxylic acids is 1. The van der Waals surface area contributed by atoms with Gasteiger partial charge in [0.25, 0.3) is 5.91 Å². The maximum Gasteiger partial charge on any atom is 0.269 e.